The molecule has 0 aliphatic carbocycles. The van der Waals surface area contributed by atoms with E-state index in [0.29, 0.717) is 11.3 Å². The monoisotopic (exact) mass is 285 g/mol. The third-order valence-corrected chi connectivity index (χ3v) is 3.52. The lowest BCUT2D eigenvalue weighted by Gasteiger charge is -2.23. The highest BCUT2D eigenvalue weighted by atomic mass is 32.2. The van der Waals surface area contributed by atoms with Crippen molar-refractivity contribution in [3.8, 4) is 0 Å². The molecule has 1 aromatic carbocycles. The van der Waals surface area contributed by atoms with Gasteiger partial charge < -0.3 is 4.48 Å². The third-order valence-electron chi connectivity index (χ3n) is 2.49. The average molecular weight is 285 g/mol. The summed E-state index contributed by atoms with van der Waals surface area (Å²) in [6.45, 7) is 0.827. The fraction of sp³-hybridized carbons (Fsp3) is 0.462. The first-order chi connectivity index (χ1) is 8.83. The summed E-state index contributed by atoms with van der Waals surface area (Å²) >= 11 is 1.22. The summed E-state index contributed by atoms with van der Waals surface area (Å²) in [7, 11) is 6.10. The first-order valence-corrected chi connectivity index (χ1v) is 6.92. The predicted molar refractivity (Wildman–Crippen MR) is 75.7 cm³/mol. The molecule has 0 amide bonds. The SMILES string of the molecule is C[N+](C)(C)CCSC(N=O)C(=O)c1ccc(F)cc1. The van der Waals surface area contributed by atoms with Gasteiger partial charge in [-0.1, -0.05) is 0 Å². The Hall–Kier alpha value is -1.27. The van der Waals surface area contributed by atoms with Crippen LogP contribution in [0.5, 0.6) is 0 Å². The van der Waals surface area contributed by atoms with Crippen molar-refractivity contribution in [2.45, 2.75) is 5.37 Å². The standard InChI is InChI=1S/C13H18FN2O2S/c1-16(2,3)8-9-19-13(15-18)12(17)10-4-6-11(14)7-5-10/h4-7,13H,8-9H2,1-3H3/q+1. The van der Waals surface area contributed by atoms with Crippen molar-refractivity contribution in [1.29, 1.82) is 0 Å². The van der Waals surface area contributed by atoms with E-state index >= 15 is 0 Å². The van der Waals surface area contributed by atoms with Crippen molar-refractivity contribution < 1.29 is 13.7 Å². The van der Waals surface area contributed by atoms with Gasteiger partial charge in [0.2, 0.25) is 11.2 Å². The Balaban J connectivity index is 2.62. The van der Waals surface area contributed by atoms with Crippen molar-refractivity contribution in [3.05, 3.63) is 40.6 Å². The molecule has 19 heavy (non-hydrogen) atoms. The maximum absolute atomic E-state index is 12.8. The topological polar surface area (TPSA) is 46.5 Å². The molecule has 0 aliphatic heterocycles. The number of hydrogen-bond acceptors (Lipinski definition) is 4. The number of thioether (sulfide) groups is 1. The molecule has 0 aliphatic rings. The van der Waals surface area contributed by atoms with Crippen LogP contribution in [-0.4, -0.2) is 49.1 Å². The molecule has 0 N–H and O–H groups in total. The number of carbonyl (C=O) groups excluding carboxylic acids is 1. The van der Waals surface area contributed by atoms with Gasteiger partial charge >= 0.3 is 0 Å². The zero-order valence-electron chi connectivity index (χ0n) is 11.3. The van der Waals surface area contributed by atoms with Gasteiger partial charge in [0.1, 0.15) is 5.82 Å². The van der Waals surface area contributed by atoms with E-state index in [1.807, 2.05) is 21.1 Å². The van der Waals surface area contributed by atoms with Gasteiger partial charge in [-0.2, -0.15) is 0 Å². The zero-order chi connectivity index (χ0) is 14.5. The summed E-state index contributed by atoms with van der Waals surface area (Å²) < 4.78 is 13.5. The number of benzene rings is 1. The summed E-state index contributed by atoms with van der Waals surface area (Å²) in [4.78, 5) is 22.8. The molecule has 0 saturated heterocycles. The van der Waals surface area contributed by atoms with E-state index in [9.17, 15) is 14.1 Å². The van der Waals surface area contributed by atoms with E-state index in [2.05, 4.69) is 5.18 Å². The average Bonchev–Trinajstić information content (AvgIpc) is 2.33. The number of ketones is 1. The predicted octanol–water partition coefficient (Wildman–Crippen LogP) is 2.54. The smallest absolute Gasteiger partial charge is 0.201 e. The number of halogens is 1. The van der Waals surface area contributed by atoms with Crippen LogP contribution in [-0.2, 0) is 0 Å². The zero-order valence-corrected chi connectivity index (χ0v) is 12.1. The first kappa shape index (κ1) is 15.8. The van der Waals surface area contributed by atoms with Crippen LogP contribution in [0.15, 0.2) is 29.4 Å². The summed E-state index contributed by atoms with van der Waals surface area (Å²) in [5, 5.41) is 1.91. The minimum Gasteiger partial charge on any atom is -0.330 e. The van der Waals surface area contributed by atoms with Crippen molar-refractivity contribution in [2.24, 2.45) is 5.18 Å². The Morgan fingerprint density at radius 1 is 1.32 bits per heavy atom. The number of nitrogens with zero attached hydrogens (tertiary/aromatic N) is 2. The van der Waals surface area contributed by atoms with Gasteiger partial charge in [-0.25, -0.2) is 4.39 Å². The Bertz CT molecular complexity index is 443. The van der Waals surface area contributed by atoms with E-state index in [1.54, 1.807) is 0 Å². The lowest BCUT2D eigenvalue weighted by atomic mass is 10.1. The van der Waals surface area contributed by atoms with Crippen LogP contribution >= 0.6 is 11.8 Å². The van der Waals surface area contributed by atoms with Crippen molar-refractivity contribution in [3.63, 3.8) is 0 Å². The molecular weight excluding hydrogens is 267 g/mol. The molecule has 0 fully saturated rings. The Morgan fingerprint density at radius 3 is 2.37 bits per heavy atom. The normalized spacial score (nSPS) is 13.1. The van der Waals surface area contributed by atoms with Crippen LogP contribution in [0.4, 0.5) is 4.39 Å². The molecule has 0 spiro atoms. The highest BCUT2D eigenvalue weighted by Gasteiger charge is 2.22. The number of Topliss-reactive ketones (excluding diaryl/α,β-unsaturated/α-hetero) is 1. The molecule has 0 aromatic heterocycles. The van der Waals surface area contributed by atoms with Crippen LogP contribution in [0, 0.1) is 10.7 Å². The lowest BCUT2D eigenvalue weighted by molar-refractivity contribution is -0.867. The van der Waals surface area contributed by atoms with Crippen molar-refractivity contribution >= 4 is 17.5 Å². The molecule has 1 aromatic rings. The van der Waals surface area contributed by atoms with E-state index in [4.69, 9.17) is 0 Å². The van der Waals surface area contributed by atoms with E-state index < -0.39 is 11.2 Å². The van der Waals surface area contributed by atoms with Crippen LogP contribution in [0.2, 0.25) is 0 Å². The summed E-state index contributed by atoms with van der Waals surface area (Å²) in [5.41, 5.74) is 0.309. The van der Waals surface area contributed by atoms with E-state index in [1.165, 1.54) is 36.0 Å². The van der Waals surface area contributed by atoms with Gasteiger partial charge in [-0.3, -0.25) is 4.79 Å². The van der Waals surface area contributed by atoms with Gasteiger partial charge in [-0.05, 0) is 29.4 Å². The van der Waals surface area contributed by atoms with Crippen LogP contribution < -0.4 is 0 Å². The number of rotatable bonds is 7. The molecule has 6 heteroatoms. The largest absolute Gasteiger partial charge is 0.330 e. The van der Waals surface area contributed by atoms with Gasteiger partial charge in [0.25, 0.3) is 0 Å². The highest BCUT2D eigenvalue weighted by Crippen LogP contribution is 2.18. The molecule has 1 unspecified atom stereocenters. The molecule has 1 rings (SSSR count). The maximum atomic E-state index is 12.8. The number of nitroso groups, excluding NO2 is 1. The second-order valence-electron chi connectivity index (χ2n) is 5.21. The molecule has 4 nitrogen and oxygen atoms in total. The molecule has 1 atom stereocenters. The van der Waals surface area contributed by atoms with Gasteiger partial charge in [0, 0.05) is 11.3 Å². The minimum atomic E-state index is -0.961. The molecule has 0 saturated carbocycles. The molecule has 0 radical (unpaired) electrons. The number of hydrogen-bond donors (Lipinski definition) is 0. The summed E-state index contributed by atoms with van der Waals surface area (Å²) in [5.74, 6) is -0.126. The van der Waals surface area contributed by atoms with Crippen LogP contribution in [0.25, 0.3) is 0 Å². The lowest BCUT2D eigenvalue weighted by Crippen LogP contribution is -2.37. The Kier molecular flexibility index (Phi) is 5.62. The number of carbonyl (C=O) groups is 1. The fourth-order valence-electron chi connectivity index (χ4n) is 1.35. The molecule has 0 bridgehead atoms. The summed E-state index contributed by atoms with van der Waals surface area (Å²) in [6, 6.07) is 5.14. The van der Waals surface area contributed by atoms with Gasteiger partial charge in [0.15, 0.2) is 0 Å². The molecule has 0 heterocycles. The minimum absolute atomic E-state index is 0.309. The highest BCUT2D eigenvalue weighted by molar-refractivity contribution is 8.00. The molecular formula is C13H18FN2O2S+. The third kappa shape index (κ3) is 5.48. The van der Waals surface area contributed by atoms with E-state index in [0.717, 1.165) is 11.0 Å². The maximum Gasteiger partial charge on any atom is 0.201 e. The van der Waals surface area contributed by atoms with Crippen LogP contribution in [0.1, 0.15) is 10.4 Å². The first-order valence-electron chi connectivity index (χ1n) is 5.88. The Morgan fingerprint density at radius 2 is 1.89 bits per heavy atom. The number of quaternary nitrogens is 1. The molecule has 104 valence electrons. The summed E-state index contributed by atoms with van der Waals surface area (Å²) in [6.07, 6.45) is 0. The Labute approximate surface area is 116 Å². The second-order valence-corrected chi connectivity index (χ2v) is 6.40. The van der Waals surface area contributed by atoms with E-state index in [-0.39, 0.29) is 5.78 Å². The van der Waals surface area contributed by atoms with Gasteiger partial charge in [0.05, 0.1) is 27.7 Å². The quantitative estimate of drug-likeness (QED) is 0.439. The van der Waals surface area contributed by atoms with Crippen molar-refractivity contribution in [1.82, 2.24) is 0 Å². The second kappa shape index (κ2) is 6.77. The van der Waals surface area contributed by atoms with Gasteiger partial charge in [-0.15, -0.1) is 16.7 Å². The fourth-order valence-corrected chi connectivity index (χ4v) is 2.57. The van der Waals surface area contributed by atoms with Crippen molar-refractivity contribution in [2.75, 3.05) is 33.4 Å². The van der Waals surface area contributed by atoms with Crippen LogP contribution in [0.3, 0.4) is 0 Å².